The summed E-state index contributed by atoms with van der Waals surface area (Å²) in [7, 11) is 0. The first-order valence-corrected chi connectivity index (χ1v) is 6.78. The predicted octanol–water partition coefficient (Wildman–Crippen LogP) is 2.96. The molecule has 0 unspecified atom stereocenters. The lowest BCUT2D eigenvalue weighted by atomic mass is 10.1. The van der Waals surface area contributed by atoms with Gasteiger partial charge < -0.3 is 5.73 Å². The molecule has 2 nitrogen and oxygen atoms in total. The van der Waals surface area contributed by atoms with Crippen molar-refractivity contribution in [1.29, 1.82) is 0 Å². The fourth-order valence-electron chi connectivity index (χ4n) is 1.68. The van der Waals surface area contributed by atoms with E-state index in [-0.39, 0.29) is 5.82 Å². The second kappa shape index (κ2) is 5.98. The summed E-state index contributed by atoms with van der Waals surface area (Å²) in [5.74, 6) is 1.68. The first-order chi connectivity index (χ1) is 8.33. The van der Waals surface area contributed by atoms with Crippen LogP contribution in [0.5, 0.6) is 0 Å². The number of thioether (sulfide) groups is 1. The summed E-state index contributed by atoms with van der Waals surface area (Å²) >= 11 is 1.81. The second-order valence-corrected chi connectivity index (χ2v) is 4.91. The molecule has 17 heavy (non-hydrogen) atoms. The molecule has 0 fully saturated rings. The number of hydrogen-bond donors (Lipinski definition) is 1. The minimum absolute atomic E-state index is 0.205. The number of nitrogens with zero attached hydrogens (tertiary/aromatic N) is 1. The number of hydrogen-bond acceptors (Lipinski definition) is 3. The van der Waals surface area contributed by atoms with Crippen molar-refractivity contribution in [3.63, 3.8) is 0 Å². The van der Waals surface area contributed by atoms with Crippen LogP contribution in [0.1, 0.15) is 12.0 Å². The van der Waals surface area contributed by atoms with E-state index in [1.807, 2.05) is 17.8 Å². The summed E-state index contributed by atoms with van der Waals surface area (Å²) in [4.78, 5) is 4.26. The molecule has 0 bridgehead atoms. The van der Waals surface area contributed by atoms with Crippen LogP contribution in [0.2, 0.25) is 0 Å². The number of halogens is 1. The molecule has 1 aromatic heterocycles. The number of rotatable bonds is 5. The Morgan fingerprint density at radius 1 is 1.29 bits per heavy atom. The smallest absolute Gasteiger partial charge is 0.132 e. The molecule has 4 heteroatoms. The summed E-state index contributed by atoms with van der Waals surface area (Å²) in [6, 6.07) is 6.87. The number of nitrogens with two attached hydrogens (primary N) is 1. The van der Waals surface area contributed by atoms with Crippen molar-refractivity contribution in [3.05, 3.63) is 41.8 Å². The van der Waals surface area contributed by atoms with Gasteiger partial charge in [0.25, 0.3) is 0 Å². The van der Waals surface area contributed by atoms with Crippen LogP contribution in [-0.2, 0) is 5.75 Å². The Labute approximate surface area is 104 Å². The molecule has 0 saturated heterocycles. The topological polar surface area (TPSA) is 38.9 Å². The van der Waals surface area contributed by atoms with Gasteiger partial charge in [-0.25, -0.2) is 4.39 Å². The van der Waals surface area contributed by atoms with Gasteiger partial charge in [-0.2, -0.15) is 11.8 Å². The van der Waals surface area contributed by atoms with Gasteiger partial charge in [0, 0.05) is 17.3 Å². The molecule has 0 aliphatic heterocycles. The quantitative estimate of drug-likeness (QED) is 0.829. The predicted molar refractivity (Wildman–Crippen MR) is 71.5 cm³/mol. The van der Waals surface area contributed by atoms with E-state index >= 15 is 0 Å². The highest BCUT2D eigenvalue weighted by molar-refractivity contribution is 7.98. The standard InChI is InChI=1S/C13H15FN2S/c14-12-5-4-10(9-17-8-2-6-15)13-11(12)3-1-7-16-13/h1,3-5,7H,2,6,8-9,15H2. The third-order valence-electron chi connectivity index (χ3n) is 2.55. The molecule has 90 valence electrons. The number of aromatic nitrogens is 1. The molecular formula is C13H15FN2S. The maximum Gasteiger partial charge on any atom is 0.132 e. The van der Waals surface area contributed by atoms with Crippen LogP contribution in [0.3, 0.4) is 0 Å². The van der Waals surface area contributed by atoms with Gasteiger partial charge in [0.1, 0.15) is 5.82 Å². The lowest BCUT2D eigenvalue weighted by Gasteiger charge is -2.06. The molecule has 0 atom stereocenters. The Morgan fingerprint density at radius 2 is 2.18 bits per heavy atom. The molecule has 0 aliphatic rings. The van der Waals surface area contributed by atoms with E-state index in [1.54, 1.807) is 18.3 Å². The third-order valence-corrected chi connectivity index (χ3v) is 3.64. The fraction of sp³-hybridized carbons (Fsp3) is 0.308. The maximum atomic E-state index is 13.5. The van der Waals surface area contributed by atoms with E-state index in [0.29, 0.717) is 5.39 Å². The van der Waals surface area contributed by atoms with Gasteiger partial charge >= 0.3 is 0 Å². The highest BCUT2D eigenvalue weighted by Crippen LogP contribution is 2.23. The molecule has 0 aliphatic carbocycles. The average Bonchev–Trinajstić information content (AvgIpc) is 2.37. The van der Waals surface area contributed by atoms with Crippen molar-refractivity contribution in [2.45, 2.75) is 12.2 Å². The molecule has 0 saturated carbocycles. The molecule has 2 rings (SSSR count). The largest absolute Gasteiger partial charge is 0.330 e. The van der Waals surface area contributed by atoms with Crippen LogP contribution in [-0.4, -0.2) is 17.3 Å². The zero-order valence-corrected chi connectivity index (χ0v) is 10.3. The van der Waals surface area contributed by atoms with Crippen LogP contribution < -0.4 is 5.73 Å². The summed E-state index contributed by atoms with van der Waals surface area (Å²) in [6.07, 6.45) is 2.72. The Kier molecular flexibility index (Phi) is 4.34. The highest BCUT2D eigenvalue weighted by Gasteiger charge is 2.06. The van der Waals surface area contributed by atoms with Gasteiger partial charge in [0.05, 0.1) is 5.52 Å². The normalized spacial score (nSPS) is 10.9. The zero-order valence-electron chi connectivity index (χ0n) is 9.53. The van der Waals surface area contributed by atoms with Gasteiger partial charge in [-0.1, -0.05) is 6.07 Å². The molecule has 2 N–H and O–H groups in total. The van der Waals surface area contributed by atoms with Crippen LogP contribution in [0, 0.1) is 5.82 Å². The first-order valence-electron chi connectivity index (χ1n) is 5.63. The second-order valence-electron chi connectivity index (χ2n) is 3.80. The van der Waals surface area contributed by atoms with E-state index in [0.717, 1.165) is 35.6 Å². The minimum Gasteiger partial charge on any atom is -0.330 e. The van der Waals surface area contributed by atoms with Crippen molar-refractivity contribution in [2.75, 3.05) is 12.3 Å². The maximum absolute atomic E-state index is 13.5. The minimum atomic E-state index is -0.205. The van der Waals surface area contributed by atoms with Gasteiger partial charge in [-0.15, -0.1) is 0 Å². The fourth-order valence-corrected chi connectivity index (χ4v) is 2.65. The van der Waals surface area contributed by atoms with Gasteiger partial charge in [0.15, 0.2) is 0 Å². The van der Waals surface area contributed by atoms with Crippen molar-refractivity contribution in [2.24, 2.45) is 5.73 Å². The van der Waals surface area contributed by atoms with Gasteiger partial charge in [-0.3, -0.25) is 4.98 Å². The Morgan fingerprint density at radius 3 is 3.00 bits per heavy atom. The zero-order chi connectivity index (χ0) is 12.1. The lowest BCUT2D eigenvalue weighted by molar-refractivity contribution is 0.639. The molecular weight excluding hydrogens is 235 g/mol. The summed E-state index contributed by atoms with van der Waals surface area (Å²) < 4.78 is 13.5. The Hall–Kier alpha value is -1.13. The van der Waals surface area contributed by atoms with Crippen LogP contribution >= 0.6 is 11.8 Å². The van der Waals surface area contributed by atoms with Gasteiger partial charge in [0.2, 0.25) is 0 Å². The number of benzene rings is 1. The van der Waals surface area contributed by atoms with Crippen molar-refractivity contribution in [1.82, 2.24) is 4.98 Å². The molecule has 0 radical (unpaired) electrons. The van der Waals surface area contributed by atoms with E-state index in [4.69, 9.17) is 5.73 Å². The molecule has 2 aromatic rings. The lowest BCUT2D eigenvalue weighted by Crippen LogP contribution is -1.99. The van der Waals surface area contributed by atoms with Crippen molar-refractivity contribution in [3.8, 4) is 0 Å². The van der Waals surface area contributed by atoms with Gasteiger partial charge in [-0.05, 0) is 42.5 Å². The van der Waals surface area contributed by atoms with Crippen LogP contribution in [0.4, 0.5) is 4.39 Å². The number of fused-ring (bicyclic) bond motifs is 1. The summed E-state index contributed by atoms with van der Waals surface area (Å²) in [6.45, 7) is 0.718. The Balaban J connectivity index is 2.20. The number of pyridine rings is 1. The molecule has 1 aromatic carbocycles. The van der Waals surface area contributed by atoms with E-state index < -0.39 is 0 Å². The summed E-state index contributed by atoms with van der Waals surface area (Å²) in [5.41, 5.74) is 7.30. The van der Waals surface area contributed by atoms with E-state index in [9.17, 15) is 4.39 Å². The van der Waals surface area contributed by atoms with Crippen molar-refractivity contribution < 1.29 is 4.39 Å². The average molecular weight is 250 g/mol. The Bertz CT molecular complexity index is 502. The van der Waals surface area contributed by atoms with E-state index in [2.05, 4.69) is 4.98 Å². The SMILES string of the molecule is NCCCSCc1ccc(F)c2cccnc12. The van der Waals surface area contributed by atoms with E-state index in [1.165, 1.54) is 6.07 Å². The molecule has 0 spiro atoms. The van der Waals surface area contributed by atoms with Crippen LogP contribution in [0.25, 0.3) is 10.9 Å². The molecule has 1 heterocycles. The monoisotopic (exact) mass is 250 g/mol. The molecule has 0 amide bonds. The highest BCUT2D eigenvalue weighted by atomic mass is 32.2. The summed E-state index contributed by atoms with van der Waals surface area (Å²) in [5, 5.41) is 0.601. The van der Waals surface area contributed by atoms with Crippen LogP contribution in [0.15, 0.2) is 30.5 Å². The van der Waals surface area contributed by atoms with Crippen molar-refractivity contribution >= 4 is 22.7 Å². The first kappa shape index (κ1) is 12.3. The third kappa shape index (κ3) is 2.96.